The van der Waals surface area contributed by atoms with E-state index in [1.165, 1.54) is 64.7 Å². The maximum atomic E-state index is 3.87. The number of piperidine rings is 1. The Hall–Kier alpha value is -0.0800. The van der Waals surface area contributed by atoms with Crippen molar-refractivity contribution in [3.63, 3.8) is 0 Å². The van der Waals surface area contributed by atoms with Gasteiger partial charge in [-0.15, -0.1) is 0 Å². The van der Waals surface area contributed by atoms with Gasteiger partial charge in [0.25, 0.3) is 0 Å². The van der Waals surface area contributed by atoms with E-state index in [-0.39, 0.29) is 0 Å². The molecular weight excluding hydrogens is 232 g/mol. The van der Waals surface area contributed by atoms with Gasteiger partial charge < -0.3 is 10.2 Å². The van der Waals surface area contributed by atoms with Crippen molar-refractivity contribution in [3.8, 4) is 0 Å². The van der Waals surface area contributed by atoms with Crippen molar-refractivity contribution in [1.82, 2.24) is 10.2 Å². The minimum atomic E-state index is 0.698. The first-order chi connectivity index (χ1) is 9.20. The third-order valence-corrected chi connectivity index (χ3v) is 5.69. The van der Waals surface area contributed by atoms with Gasteiger partial charge in [0.2, 0.25) is 0 Å². The molecule has 1 saturated carbocycles. The van der Waals surface area contributed by atoms with Gasteiger partial charge in [-0.3, -0.25) is 0 Å². The van der Waals surface area contributed by atoms with Crippen molar-refractivity contribution >= 4 is 0 Å². The van der Waals surface area contributed by atoms with E-state index >= 15 is 0 Å². The zero-order valence-corrected chi connectivity index (χ0v) is 13.3. The van der Waals surface area contributed by atoms with E-state index in [0.29, 0.717) is 6.04 Å². The third-order valence-electron chi connectivity index (χ3n) is 5.69. The highest BCUT2D eigenvalue weighted by Gasteiger charge is 2.26. The van der Waals surface area contributed by atoms with E-state index in [9.17, 15) is 0 Å². The molecule has 0 amide bonds. The van der Waals surface area contributed by atoms with Gasteiger partial charge in [-0.1, -0.05) is 33.1 Å². The molecule has 1 aliphatic heterocycles. The fraction of sp³-hybridized carbons (Fsp3) is 1.00. The average Bonchev–Trinajstić information content (AvgIpc) is 2.46. The number of likely N-dealkylation sites (tertiary alicyclic amines) is 1. The number of nitrogens with one attached hydrogen (secondary N) is 1. The van der Waals surface area contributed by atoms with Crippen molar-refractivity contribution in [2.45, 2.75) is 65.3 Å². The van der Waals surface area contributed by atoms with Gasteiger partial charge in [-0.05, 0) is 63.6 Å². The second-order valence-electron chi connectivity index (χ2n) is 7.01. The lowest BCUT2D eigenvalue weighted by molar-refractivity contribution is 0.150. The van der Waals surface area contributed by atoms with Gasteiger partial charge in [-0.25, -0.2) is 0 Å². The van der Waals surface area contributed by atoms with Crippen molar-refractivity contribution in [2.75, 3.05) is 26.2 Å². The quantitative estimate of drug-likeness (QED) is 0.819. The standard InChI is InChI=1S/C17H34N2/c1-4-19-11-7-10-17(13-19)15(3)18-12-16-9-6-5-8-14(16)2/h14-18H,4-13H2,1-3H3. The first-order valence-electron chi connectivity index (χ1n) is 8.66. The van der Waals surface area contributed by atoms with Crippen molar-refractivity contribution in [3.05, 3.63) is 0 Å². The van der Waals surface area contributed by atoms with Crippen LogP contribution < -0.4 is 5.32 Å². The fourth-order valence-corrected chi connectivity index (χ4v) is 3.99. The zero-order chi connectivity index (χ0) is 13.7. The summed E-state index contributed by atoms with van der Waals surface area (Å²) in [6, 6.07) is 0.698. The smallest absolute Gasteiger partial charge is 0.00793 e. The van der Waals surface area contributed by atoms with Crippen LogP contribution in [0.2, 0.25) is 0 Å². The minimum absolute atomic E-state index is 0.698. The first-order valence-corrected chi connectivity index (χ1v) is 8.66. The number of nitrogens with zero attached hydrogens (tertiary/aromatic N) is 1. The molecule has 2 aliphatic rings. The summed E-state index contributed by atoms with van der Waals surface area (Å²) < 4.78 is 0. The molecule has 0 aromatic carbocycles. The predicted molar refractivity (Wildman–Crippen MR) is 83.4 cm³/mol. The van der Waals surface area contributed by atoms with Crippen molar-refractivity contribution in [1.29, 1.82) is 0 Å². The van der Waals surface area contributed by atoms with Crippen LogP contribution >= 0.6 is 0 Å². The Labute approximate surface area is 120 Å². The van der Waals surface area contributed by atoms with Gasteiger partial charge in [-0.2, -0.15) is 0 Å². The average molecular weight is 266 g/mol. The molecule has 0 radical (unpaired) electrons. The molecule has 0 spiro atoms. The summed E-state index contributed by atoms with van der Waals surface area (Å²) in [5.74, 6) is 2.74. The Morgan fingerprint density at radius 2 is 1.95 bits per heavy atom. The fourth-order valence-electron chi connectivity index (χ4n) is 3.99. The minimum Gasteiger partial charge on any atom is -0.314 e. The van der Waals surface area contributed by atoms with Gasteiger partial charge in [0.1, 0.15) is 0 Å². The number of hydrogen-bond donors (Lipinski definition) is 1. The lowest BCUT2D eigenvalue weighted by atomic mass is 9.80. The summed E-state index contributed by atoms with van der Waals surface area (Å²) in [7, 11) is 0. The Balaban J connectivity index is 1.72. The summed E-state index contributed by atoms with van der Waals surface area (Å²) in [6.07, 6.45) is 8.63. The SMILES string of the molecule is CCN1CCCC(C(C)NCC2CCCCC2C)C1. The Morgan fingerprint density at radius 1 is 1.16 bits per heavy atom. The second kappa shape index (κ2) is 7.64. The van der Waals surface area contributed by atoms with Gasteiger partial charge in [0.15, 0.2) is 0 Å². The molecule has 2 nitrogen and oxygen atoms in total. The molecule has 1 saturated heterocycles. The molecule has 0 aromatic rings. The van der Waals surface area contributed by atoms with E-state index < -0.39 is 0 Å². The lowest BCUT2D eigenvalue weighted by Gasteiger charge is -2.37. The largest absolute Gasteiger partial charge is 0.314 e. The van der Waals surface area contributed by atoms with Crippen LogP contribution in [0.3, 0.4) is 0 Å². The van der Waals surface area contributed by atoms with E-state index in [4.69, 9.17) is 0 Å². The van der Waals surface area contributed by atoms with Gasteiger partial charge >= 0.3 is 0 Å². The molecule has 1 aliphatic carbocycles. The monoisotopic (exact) mass is 266 g/mol. The van der Waals surface area contributed by atoms with E-state index in [0.717, 1.165) is 17.8 Å². The maximum absolute atomic E-state index is 3.87. The lowest BCUT2D eigenvalue weighted by Crippen LogP contribution is -2.46. The van der Waals surface area contributed by atoms with Crippen molar-refractivity contribution in [2.24, 2.45) is 17.8 Å². The molecule has 4 unspecified atom stereocenters. The molecule has 112 valence electrons. The molecule has 2 heteroatoms. The molecule has 2 rings (SSSR count). The zero-order valence-electron chi connectivity index (χ0n) is 13.3. The molecule has 1 N–H and O–H groups in total. The summed E-state index contributed by atoms with van der Waals surface area (Å²) in [6.45, 7) is 12.3. The van der Waals surface area contributed by atoms with Crippen LogP contribution in [0, 0.1) is 17.8 Å². The summed E-state index contributed by atoms with van der Waals surface area (Å²) in [4.78, 5) is 2.62. The summed E-state index contributed by atoms with van der Waals surface area (Å²) >= 11 is 0. The van der Waals surface area contributed by atoms with E-state index in [2.05, 4.69) is 31.0 Å². The van der Waals surface area contributed by atoms with Crippen LogP contribution in [0.5, 0.6) is 0 Å². The molecule has 0 aromatic heterocycles. The highest BCUT2D eigenvalue weighted by molar-refractivity contribution is 4.82. The number of rotatable bonds is 5. The van der Waals surface area contributed by atoms with E-state index in [1.54, 1.807) is 0 Å². The van der Waals surface area contributed by atoms with E-state index in [1.807, 2.05) is 0 Å². The first kappa shape index (κ1) is 15.3. The topological polar surface area (TPSA) is 15.3 Å². The van der Waals surface area contributed by atoms with Crippen LogP contribution in [-0.2, 0) is 0 Å². The maximum Gasteiger partial charge on any atom is 0.00793 e. The summed E-state index contributed by atoms with van der Waals surface area (Å²) in [5.41, 5.74) is 0. The van der Waals surface area contributed by atoms with Crippen LogP contribution in [0.25, 0.3) is 0 Å². The third kappa shape index (κ3) is 4.46. The Kier molecular flexibility index (Phi) is 6.15. The van der Waals surface area contributed by atoms with Crippen LogP contribution in [0.15, 0.2) is 0 Å². The van der Waals surface area contributed by atoms with Crippen LogP contribution in [0.4, 0.5) is 0 Å². The highest BCUT2D eigenvalue weighted by atomic mass is 15.1. The molecular formula is C17H34N2. The highest BCUT2D eigenvalue weighted by Crippen LogP contribution is 2.29. The molecule has 2 fully saturated rings. The van der Waals surface area contributed by atoms with Gasteiger partial charge in [0, 0.05) is 12.6 Å². The molecule has 19 heavy (non-hydrogen) atoms. The van der Waals surface area contributed by atoms with Gasteiger partial charge in [0.05, 0.1) is 0 Å². The predicted octanol–water partition coefficient (Wildman–Crippen LogP) is 3.52. The summed E-state index contributed by atoms with van der Waals surface area (Å²) in [5, 5.41) is 3.87. The van der Waals surface area contributed by atoms with Crippen LogP contribution in [-0.4, -0.2) is 37.1 Å². The molecule has 1 heterocycles. The van der Waals surface area contributed by atoms with Crippen LogP contribution in [0.1, 0.15) is 59.3 Å². The Bertz CT molecular complexity index is 254. The Morgan fingerprint density at radius 3 is 2.68 bits per heavy atom. The molecule has 0 bridgehead atoms. The number of hydrogen-bond acceptors (Lipinski definition) is 2. The molecule has 4 atom stereocenters. The van der Waals surface area contributed by atoms with Crippen molar-refractivity contribution < 1.29 is 0 Å². The normalized spacial score (nSPS) is 35.2. The second-order valence-corrected chi connectivity index (χ2v) is 7.01.